The molecule has 1 aromatic carbocycles. The molecule has 0 aliphatic carbocycles. The van der Waals surface area contributed by atoms with Crippen molar-refractivity contribution in [2.45, 2.75) is 27.3 Å². The number of halogens is 2. The number of anilines is 1. The average Bonchev–Trinajstić information content (AvgIpc) is 2.55. The van der Waals surface area contributed by atoms with Gasteiger partial charge in [-0.3, -0.25) is 0 Å². The first-order chi connectivity index (χ1) is 8.47. The van der Waals surface area contributed by atoms with Gasteiger partial charge in [-0.15, -0.1) is 11.3 Å². The van der Waals surface area contributed by atoms with Gasteiger partial charge >= 0.3 is 0 Å². The van der Waals surface area contributed by atoms with E-state index >= 15 is 0 Å². The molecule has 1 N–H and O–H groups in total. The highest BCUT2D eigenvalue weighted by molar-refractivity contribution is 9.11. The van der Waals surface area contributed by atoms with Gasteiger partial charge in [-0.1, -0.05) is 0 Å². The van der Waals surface area contributed by atoms with Crippen LogP contribution in [0.2, 0.25) is 0 Å². The van der Waals surface area contributed by atoms with Crippen molar-refractivity contribution >= 4 is 48.9 Å². The summed E-state index contributed by atoms with van der Waals surface area (Å²) in [6.45, 7) is 6.98. The van der Waals surface area contributed by atoms with Crippen molar-refractivity contribution in [3.05, 3.63) is 42.2 Å². The zero-order valence-corrected chi connectivity index (χ0v) is 14.5. The molecule has 2 rings (SSSR count). The Balaban J connectivity index is 2.18. The number of aryl methyl sites for hydroxylation is 3. The lowest BCUT2D eigenvalue weighted by Crippen LogP contribution is -2.01. The fraction of sp³-hybridized carbons (Fsp3) is 0.308. The zero-order chi connectivity index (χ0) is 13.3. The maximum Gasteiger partial charge on any atom is 0.0900 e. The Morgan fingerprint density at radius 1 is 1.17 bits per heavy atom. The van der Waals surface area contributed by atoms with Crippen LogP contribution in [0.4, 0.5) is 5.69 Å². The van der Waals surface area contributed by atoms with E-state index in [1.165, 1.54) is 10.4 Å². The topological polar surface area (TPSA) is 24.9 Å². The molecule has 0 fully saturated rings. The maximum atomic E-state index is 4.44. The van der Waals surface area contributed by atoms with E-state index in [1.54, 1.807) is 11.3 Å². The minimum Gasteiger partial charge on any atom is -0.378 e. The van der Waals surface area contributed by atoms with E-state index in [0.717, 1.165) is 31.9 Å². The molecule has 0 saturated carbocycles. The molecular formula is C13H14Br2N2S. The molecule has 2 aromatic rings. The van der Waals surface area contributed by atoms with Crippen LogP contribution < -0.4 is 5.32 Å². The van der Waals surface area contributed by atoms with E-state index in [-0.39, 0.29) is 0 Å². The first-order valence-corrected chi connectivity index (χ1v) is 8.00. The van der Waals surface area contributed by atoms with E-state index in [1.807, 2.05) is 6.92 Å². The molecular weight excluding hydrogens is 376 g/mol. The summed E-state index contributed by atoms with van der Waals surface area (Å²) in [7, 11) is 0. The molecule has 0 unspecified atom stereocenters. The number of hydrogen-bond donors (Lipinski definition) is 1. The monoisotopic (exact) mass is 388 g/mol. The normalized spacial score (nSPS) is 10.7. The van der Waals surface area contributed by atoms with E-state index in [2.05, 4.69) is 68.1 Å². The minimum absolute atomic E-state index is 0.803. The van der Waals surface area contributed by atoms with Gasteiger partial charge in [-0.2, -0.15) is 0 Å². The van der Waals surface area contributed by atoms with Crippen LogP contribution in [-0.2, 0) is 6.54 Å². The third-order valence-electron chi connectivity index (χ3n) is 2.61. The zero-order valence-electron chi connectivity index (χ0n) is 10.5. The maximum absolute atomic E-state index is 4.44. The molecule has 1 heterocycles. The quantitative estimate of drug-likeness (QED) is 0.779. The SMILES string of the molecule is Cc1cc(Br)c(NCc2sc(C)nc2C)c(Br)c1. The summed E-state index contributed by atoms with van der Waals surface area (Å²) in [6, 6.07) is 4.22. The fourth-order valence-corrected chi connectivity index (χ4v) is 4.35. The number of aromatic nitrogens is 1. The Morgan fingerprint density at radius 3 is 2.28 bits per heavy atom. The summed E-state index contributed by atoms with van der Waals surface area (Å²) < 4.78 is 2.15. The summed E-state index contributed by atoms with van der Waals surface area (Å²) in [6.07, 6.45) is 0. The summed E-state index contributed by atoms with van der Waals surface area (Å²) in [4.78, 5) is 5.72. The smallest absolute Gasteiger partial charge is 0.0900 e. The van der Waals surface area contributed by atoms with Gasteiger partial charge in [0.1, 0.15) is 0 Å². The van der Waals surface area contributed by atoms with Crippen LogP contribution in [0.1, 0.15) is 21.1 Å². The Bertz CT molecular complexity index is 555. The summed E-state index contributed by atoms with van der Waals surface area (Å²) >= 11 is 8.93. The van der Waals surface area contributed by atoms with Crippen LogP contribution in [0.15, 0.2) is 21.1 Å². The number of hydrogen-bond acceptors (Lipinski definition) is 3. The van der Waals surface area contributed by atoms with E-state index in [4.69, 9.17) is 0 Å². The first-order valence-electron chi connectivity index (χ1n) is 5.60. The largest absolute Gasteiger partial charge is 0.378 e. The van der Waals surface area contributed by atoms with Crippen molar-refractivity contribution in [2.75, 3.05) is 5.32 Å². The second-order valence-electron chi connectivity index (χ2n) is 4.20. The molecule has 96 valence electrons. The van der Waals surface area contributed by atoms with Gasteiger partial charge in [0.2, 0.25) is 0 Å². The molecule has 0 saturated heterocycles. The summed E-state index contributed by atoms with van der Waals surface area (Å²) in [5.41, 5.74) is 3.43. The Hall–Kier alpha value is -0.390. The highest BCUT2D eigenvalue weighted by atomic mass is 79.9. The van der Waals surface area contributed by atoms with Gasteiger partial charge < -0.3 is 5.32 Å². The molecule has 0 spiro atoms. The molecule has 0 atom stereocenters. The molecule has 1 aromatic heterocycles. The van der Waals surface area contributed by atoms with Crippen LogP contribution in [0.5, 0.6) is 0 Å². The van der Waals surface area contributed by atoms with Gasteiger partial charge in [-0.05, 0) is 70.3 Å². The van der Waals surface area contributed by atoms with Crippen molar-refractivity contribution in [2.24, 2.45) is 0 Å². The molecule has 5 heteroatoms. The van der Waals surface area contributed by atoms with Crippen molar-refractivity contribution < 1.29 is 0 Å². The van der Waals surface area contributed by atoms with Crippen molar-refractivity contribution in [3.8, 4) is 0 Å². The summed E-state index contributed by atoms with van der Waals surface area (Å²) in [5, 5.41) is 4.57. The fourth-order valence-electron chi connectivity index (χ4n) is 1.77. The van der Waals surface area contributed by atoms with Crippen LogP contribution >= 0.6 is 43.2 Å². The van der Waals surface area contributed by atoms with Crippen LogP contribution in [0.25, 0.3) is 0 Å². The van der Waals surface area contributed by atoms with E-state index < -0.39 is 0 Å². The van der Waals surface area contributed by atoms with E-state index in [0.29, 0.717) is 0 Å². The van der Waals surface area contributed by atoms with Gasteiger partial charge in [0.05, 0.1) is 22.9 Å². The molecule has 0 aliphatic rings. The molecule has 0 aliphatic heterocycles. The van der Waals surface area contributed by atoms with Crippen LogP contribution in [0.3, 0.4) is 0 Å². The standard InChI is InChI=1S/C13H14Br2N2S/c1-7-4-10(14)13(11(15)5-7)16-6-12-8(2)17-9(3)18-12/h4-5,16H,6H2,1-3H3. The lowest BCUT2D eigenvalue weighted by molar-refractivity contribution is 1.10. The minimum atomic E-state index is 0.803. The Labute approximate surface area is 128 Å². The number of nitrogens with zero attached hydrogens (tertiary/aromatic N) is 1. The molecule has 18 heavy (non-hydrogen) atoms. The second kappa shape index (κ2) is 5.72. The predicted octanol–water partition coefficient (Wildman–Crippen LogP) is 5.21. The van der Waals surface area contributed by atoms with Crippen molar-refractivity contribution in [1.29, 1.82) is 0 Å². The number of nitrogens with one attached hydrogen (secondary N) is 1. The van der Waals surface area contributed by atoms with Gasteiger partial charge in [0, 0.05) is 13.8 Å². The van der Waals surface area contributed by atoms with Crippen molar-refractivity contribution in [3.63, 3.8) is 0 Å². The summed E-state index contributed by atoms with van der Waals surface area (Å²) in [5.74, 6) is 0. The molecule has 0 amide bonds. The van der Waals surface area contributed by atoms with Crippen LogP contribution in [0, 0.1) is 20.8 Å². The Kier molecular flexibility index (Phi) is 4.45. The van der Waals surface area contributed by atoms with Gasteiger partial charge in [-0.25, -0.2) is 4.98 Å². The van der Waals surface area contributed by atoms with Gasteiger partial charge in [0.25, 0.3) is 0 Å². The lowest BCUT2D eigenvalue weighted by atomic mass is 10.2. The first kappa shape index (κ1) is 14.0. The highest BCUT2D eigenvalue weighted by Gasteiger charge is 2.08. The third-order valence-corrected chi connectivity index (χ3v) is 4.94. The van der Waals surface area contributed by atoms with E-state index in [9.17, 15) is 0 Å². The van der Waals surface area contributed by atoms with Crippen molar-refractivity contribution in [1.82, 2.24) is 4.98 Å². The second-order valence-corrected chi connectivity index (χ2v) is 7.20. The van der Waals surface area contributed by atoms with Crippen LogP contribution in [-0.4, -0.2) is 4.98 Å². The number of benzene rings is 1. The predicted molar refractivity (Wildman–Crippen MR) is 85.5 cm³/mol. The molecule has 0 radical (unpaired) electrons. The molecule has 0 bridgehead atoms. The molecule has 2 nitrogen and oxygen atoms in total. The number of thiazole rings is 1. The Morgan fingerprint density at radius 2 is 1.78 bits per heavy atom. The van der Waals surface area contributed by atoms with Gasteiger partial charge in [0.15, 0.2) is 0 Å². The highest BCUT2D eigenvalue weighted by Crippen LogP contribution is 2.33. The number of rotatable bonds is 3. The average molecular weight is 390 g/mol. The lowest BCUT2D eigenvalue weighted by Gasteiger charge is -2.11. The third kappa shape index (κ3) is 3.13.